The van der Waals surface area contributed by atoms with Crippen LogP contribution in [0.3, 0.4) is 0 Å². The van der Waals surface area contributed by atoms with Gasteiger partial charge >= 0.3 is 0 Å². The lowest BCUT2D eigenvalue weighted by molar-refractivity contribution is 0.171. The van der Waals surface area contributed by atoms with Crippen molar-refractivity contribution in [3.8, 4) is 11.5 Å². The Labute approximate surface area is 124 Å². The van der Waals surface area contributed by atoms with Crippen LogP contribution in [0.1, 0.15) is 23.6 Å². The monoisotopic (exact) mass is 287 g/mol. The zero-order valence-electron chi connectivity index (χ0n) is 12.5. The first-order valence-corrected chi connectivity index (χ1v) is 7.30. The Morgan fingerprint density at radius 2 is 2.10 bits per heavy atom. The van der Waals surface area contributed by atoms with Gasteiger partial charge in [-0.25, -0.2) is 0 Å². The minimum atomic E-state index is 0.293. The number of benzene rings is 1. The van der Waals surface area contributed by atoms with E-state index < -0.39 is 0 Å². The average Bonchev–Trinajstić information content (AvgIpc) is 2.93. The van der Waals surface area contributed by atoms with Gasteiger partial charge in [0, 0.05) is 19.3 Å². The molecule has 0 saturated heterocycles. The van der Waals surface area contributed by atoms with E-state index in [1.807, 2.05) is 31.0 Å². The van der Waals surface area contributed by atoms with Gasteiger partial charge in [0.15, 0.2) is 11.5 Å². The minimum Gasteiger partial charge on any atom is -0.486 e. The Balaban J connectivity index is 1.70. The molecule has 0 saturated carbocycles. The highest BCUT2D eigenvalue weighted by Gasteiger charge is 2.16. The Hall–Kier alpha value is -2.01. The number of rotatable bonds is 5. The van der Waals surface area contributed by atoms with E-state index in [1.54, 1.807) is 0 Å². The molecule has 0 aliphatic carbocycles. The zero-order chi connectivity index (χ0) is 14.7. The first kappa shape index (κ1) is 13.9. The zero-order valence-corrected chi connectivity index (χ0v) is 12.5. The van der Waals surface area contributed by atoms with E-state index in [0.717, 1.165) is 24.3 Å². The summed E-state index contributed by atoms with van der Waals surface area (Å²) in [5.41, 5.74) is 2.49. The van der Waals surface area contributed by atoms with Crippen LogP contribution >= 0.6 is 0 Å². The van der Waals surface area contributed by atoms with Crippen molar-refractivity contribution in [3.63, 3.8) is 0 Å². The lowest BCUT2D eigenvalue weighted by atomic mass is 10.00. The lowest BCUT2D eigenvalue weighted by Gasteiger charge is -2.22. The third-order valence-corrected chi connectivity index (χ3v) is 3.80. The minimum absolute atomic E-state index is 0.293. The fourth-order valence-corrected chi connectivity index (χ4v) is 2.67. The fourth-order valence-electron chi connectivity index (χ4n) is 2.67. The van der Waals surface area contributed by atoms with Crippen LogP contribution in [0.15, 0.2) is 30.6 Å². The second kappa shape index (κ2) is 6.18. The quantitative estimate of drug-likeness (QED) is 0.915. The highest BCUT2D eigenvalue weighted by molar-refractivity contribution is 5.44. The third-order valence-electron chi connectivity index (χ3n) is 3.80. The van der Waals surface area contributed by atoms with Gasteiger partial charge in [-0.1, -0.05) is 6.07 Å². The van der Waals surface area contributed by atoms with Gasteiger partial charge in [-0.15, -0.1) is 0 Å². The molecule has 0 amide bonds. The van der Waals surface area contributed by atoms with E-state index in [0.29, 0.717) is 19.3 Å². The molecule has 1 aromatic carbocycles. The van der Waals surface area contributed by atoms with Gasteiger partial charge in [0.05, 0.1) is 6.20 Å². The van der Waals surface area contributed by atoms with Gasteiger partial charge in [-0.3, -0.25) is 4.68 Å². The second-order valence-corrected chi connectivity index (χ2v) is 5.31. The van der Waals surface area contributed by atoms with Crippen molar-refractivity contribution >= 4 is 0 Å². The van der Waals surface area contributed by atoms with Gasteiger partial charge < -0.3 is 14.8 Å². The van der Waals surface area contributed by atoms with Crippen LogP contribution in [0.4, 0.5) is 0 Å². The van der Waals surface area contributed by atoms with E-state index in [9.17, 15) is 0 Å². The van der Waals surface area contributed by atoms with Gasteiger partial charge in [0.1, 0.15) is 13.2 Å². The third kappa shape index (κ3) is 3.19. The highest BCUT2D eigenvalue weighted by atomic mass is 16.6. The molecule has 1 N–H and O–H groups in total. The SMILES string of the molecule is CNC(CCc1cnn(C)c1)c1ccc2c(c1)OCCO2. The van der Waals surface area contributed by atoms with Crippen molar-refractivity contribution in [2.75, 3.05) is 20.3 Å². The van der Waals surface area contributed by atoms with E-state index in [1.165, 1.54) is 11.1 Å². The smallest absolute Gasteiger partial charge is 0.161 e. The molecule has 0 radical (unpaired) electrons. The molecule has 21 heavy (non-hydrogen) atoms. The molecule has 0 spiro atoms. The average molecular weight is 287 g/mol. The Kier molecular flexibility index (Phi) is 4.10. The summed E-state index contributed by atoms with van der Waals surface area (Å²) in [6.07, 6.45) is 6.00. The highest BCUT2D eigenvalue weighted by Crippen LogP contribution is 2.33. The summed E-state index contributed by atoms with van der Waals surface area (Å²) in [5.74, 6) is 1.69. The molecule has 1 aliphatic rings. The summed E-state index contributed by atoms with van der Waals surface area (Å²) in [5, 5.41) is 7.59. The number of aryl methyl sites for hydroxylation is 2. The maximum atomic E-state index is 5.66. The van der Waals surface area contributed by atoms with Crippen LogP contribution in [-0.2, 0) is 13.5 Å². The number of fused-ring (bicyclic) bond motifs is 1. The van der Waals surface area contributed by atoms with Gasteiger partial charge in [0.25, 0.3) is 0 Å². The summed E-state index contributed by atoms with van der Waals surface area (Å²) < 4.78 is 13.1. The predicted octanol–water partition coefficient (Wildman–Crippen LogP) is 2.08. The van der Waals surface area contributed by atoms with Crippen molar-refractivity contribution in [3.05, 3.63) is 41.7 Å². The van der Waals surface area contributed by atoms with Crippen molar-refractivity contribution in [1.82, 2.24) is 15.1 Å². The number of hydrogen-bond donors (Lipinski definition) is 1. The van der Waals surface area contributed by atoms with Gasteiger partial charge in [-0.2, -0.15) is 5.10 Å². The van der Waals surface area contributed by atoms with E-state index >= 15 is 0 Å². The van der Waals surface area contributed by atoms with Crippen LogP contribution in [-0.4, -0.2) is 30.0 Å². The van der Waals surface area contributed by atoms with Crippen LogP contribution in [0.2, 0.25) is 0 Å². The van der Waals surface area contributed by atoms with Crippen molar-refractivity contribution < 1.29 is 9.47 Å². The number of nitrogens with zero attached hydrogens (tertiary/aromatic N) is 2. The second-order valence-electron chi connectivity index (χ2n) is 5.31. The number of nitrogens with one attached hydrogen (secondary N) is 1. The summed E-state index contributed by atoms with van der Waals surface area (Å²) in [4.78, 5) is 0. The standard InChI is InChI=1S/C16H21N3O2/c1-17-14(5-3-12-10-18-19(2)11-12)13-4-6-15-16(9-13)21-8-7-20-15/h4,6,9-11,14,17H,3,5,7-8H2,1-2H3. The summed E-state index contributed by atoms with van der Waals surface area (Å²) in [6, 6.07) is 6.48. The largest absolute Gasteiger partial charge is 0.486 e. The maximum Gasteiger partial charge on any atom is 0.161 e. The Morgan fingerprint density at radius 3 is 2.81 bits per heavy atom. The molecule has 1 atom stereocenters. The molecule has 0 fully saturated rings. The van der Waals surface area contributed by atoms with Crippen molar-refractivity contribution in [2.24, 2.45) is 7.05 Å². The molecule has 5 nitrogen and oxygen atoms in total. The molecular weight excluding hydrogens is 266 g/mol. The maximum absolute atomic E-state index is 5.66. The molecule has 2 heterocycles. The molecule has 3 rings (SSSR count). The first-order valence-electron chi connectivity index (χ1n) is 7.30. The number of aromatic nitrogens is 2. The fraction of sp³-hybridized carbons (Fsp3) is 0.438. The Morgan fingerprint density at radius 1 is 1.29 bits per heavy atom. The van der Waals surface area contributed by atoms with Crippen LogP contribution in [0.25, 0.3) is 0 Å². The summed E-state index contributed by atoms with van der Waals surface area (Å²) >= 11 is 0. The van der Waals surface area contributed by atoms with E-state index in [2.05, 4.69) is 28.7 Å². The number of hydrogen-bond acceptors (Lipinski definition) is 4. The molecule has 112 valence electrons. The van der Waals surface area contributed by atoms with E-state index in [4.69, 9.17) is 9.47 Å². The van der Waals surface area contributed by atoms with Gasteiger partial charge in [0.2, 0.25) is 0 Å². The van der Waals surface area contributed by atoms with Crippen LogP contribution in [0.5, 0.6) is 11.5 Å². The van der Waals surface area contributed by atoms with Crippen LogP contribution < -0.4 is 14.8 Å². The summed E-state index contributed by atoms with van der Waals surface area (Å²) in [6.45, 7) is 1.25. The molecule has 5 heteroatoms. The van der Waals surface area contributed by atoms with E-state index in [-0.39, 0.29) is 0 Å². The topological polar surface area (TPSA) is 48.3 Å². The molecule has 0 bridgehead atoms. The summed E-state index contributed by atoms with van der Waals surface area (Å²) in [7, 11) is 3.94. The number of ether oxygens (including phenoxy) is 2. The molecule has 1 unspecified atom stereocenters. The van der Waals surface area contributed by atoms with Crippen LogP contribution in [0, 0.1) is 0 Å². The molecule has 1 aromatic heterocycles. The normalized spacial score (nSPS) is 15.0. The first-order chi connectivity index (χ1) is 10.3. The molecule has 1 aliphatic heterocycles. The van der Waals surface area contributed by atoms with Gasteiger partial charge in [-0.05, 0) is 43.1 Å². The molecule has 2 aromatic rings. The predicted molar refractivity (Wildman–Crippen MR) is 80.8 cm³/mol. The molecular formula is C16H21N3O2. The lowest BCUT2D eigenvalue weighted by Crippen LogP contribution is -2.19. The Bertz CT molecular complexity index is 609. The van der Waals surface area contributed by atoms with Crippen molar-refractivity contribution in [1.29, 1.82) is 0 Å². The van der Waals surface area contributed by atoms with Crippen molar-refractivity contribution in [2.45, 2.75) is 18.9 Å².